The minimum Gasteiger partial charge on any atom is -0.362 e. The Kier molecular flexibility index (Phi) is 5.09. The molecule has 0 radical (unpaired) electrons. The summed E-state index contributed by atoms with van der Waals surface area (Å²) >= 11 is 0. The van der Waals surface area contributed by atoms with Crippen molar-refractivity contribution in [3.05, 3.63) is 75.6 Å². The third-order valence-corrected chi connectivity index (χ3v) is 4.36. The predicted molar refractivity (Wildman–Crippen MR) is 92.2 cm³/mol. The van der Waals surface area contributed by atoms with Gasteiger partial charge in [-0.3, -0.25) is 14.9 Å². The zero-order chi connectivity index (χ0) is 21.4. The number of halogens is 4. The topological polar surface area (TPSA) is 96.0 Å². The number of nitro benzene ring substituents is 1. The van der Waals surface area contributed by atoms with Crippen molar-refractivity contribution in [2.24, 2.45) is 5.10 Å². The normalized spacial score (nSPS) is 19.2. The molecule has 29 heavy (non-hydrogen) atoms. The number of amides is 1. The van der Waals surface area contributed by atoms with E-state index in [2.05, 4.69) is 5.10 Å². The smallest absolute Gasteiger partial charge is 0.362 e. The number of carbonyl (C=O) groups excluding carboxylic acids is 1. The van der Waals surface area contributed by atoms with Gasteiger partial charge < -0.3 is 5.11 Å². The minimum absolute atomic E-state index is 0.0346. The molecule has 7 nitrogen and oxygen atoms in total. The van der Waals surface area contributed by atoms with Crippen LogP contribution in [0, 0.1) is 15.9 Å². The van der Waals surface area contributed by atoms with Gasteiger partial charge in [0.15, 0.2) is 0 Å². The molecule has 0 aliphatic carbocycles. The zero-order valence-corrected chi connectivity index (χ0v) is 14.6. The van der Waals surface area contributed by atoms with E-state index in [0.717, 1.165) is 24.3 Å². The third-order valence-electron chi connectivity index (χ3n) is 4.36. The van der Waals surface area contributed by atoms with Gasteiger partial charge >= 0.3 is 6.18 Å². The molecule has 0 saturated heterocycles. The Hall–Kier alpha value is -3.34. The van der Waals surface area contributed by atoms with Crippen LogP contribution in [0.1, 0.15) is 17.5 Å². The first kappa shape index (κ1) is 20.4. The maximum atomic E-state index is 13.5. The molecule has 2 aromatic carbocycles. The maximum absolute atomic E-state index is 13.5. The highest BCUT2D eigenvalue weighted by Gasteiger charge is 2.63. The lowest BCUT2D eigenvalue weighted by atomic mass is 10.0. The Balaban J connectivity index is 1.90. The van der Waals surface area contributed by atoms with Crippen LogP contribution in [0.3, 0.4) is 0 Å². The van der Waals surface area contributed by atoms with Crippen LogP contribution in [0.4, 0.5) is 23.2 Å². The number of nitro groups is 1. The number of alkyl halides is 3. The highest BCUT2D eigenvalue weighted by Crippen LogP contribution is 2.41. The fraction of sp³-hybridized carbons (Fsp3) is 0.222. The van der Waals surface area contributed by atoms with Gasteiger partial charge in [-0.05, 0) is 23.3 Å². The van der Waals surface area contributed by atoms with Crippen LogP contribution in [0.25, 0.3) is 0 Å². The van der Waals surface area contributed by atoms with Gasteiger partial charge in [-0.2, -0.15) is 23.3 Å². The van der Waals surface area contributed by atoms with Crippen molar-refractivity contribution in [1.82, 2.24) is 5.01 Å². The van der Waals surface area contributed by atoms with E-state index in [1.54, 1.807) is 0 Å². The van der Waals surface area contributed by atoms with Crippen molar-refractivity contribution in [3.8, 4) is 0 Å². The molecule has 1 aliphatic rings. The van der Waals surface area contributed by atoms with Crippen LogP contribution < -0.4 is 0 Å². The highest BCUT2D eigenvalue weighted by atomic mass is 19.4. The van der Waals surface area contributed by atoms with E-state index in [1.165, 1.54) is 24.3 Å². The van der Waals surface area contributed by atoms with Crippen molar-refractivity contribution < 1.29 is 32.4 Å². The summed E-state index contributed by atoms with van der Waals surface area (Å²) in [5, 5.41) is 24.5. The average molecular weight is 411 g/mol. The Labute approximate surface area is 161 Å². The molecular formula is C18H13F4N3O4. The molecule has 1 atom stereocenters. The molecule has 1 N–H and O–H groups in total. The number of hydrogen-bond acceptors (Lipinski definition) is 5. The van der Waals surface area contributed by atoms with Gasteiger partial charge in [0.25, 0.3) is 11.4 Å². The lowest BCUT2D eigenvalue weighted by Crippen LogP contribution is -2.57. The molecule has 152 valence electrons. The molecule has 0 fully saturated rings. The number of benzene rings is 2. The second-order valence-corrected chi connectivity index (χ2v) is 6.35. The summed E-state index contributed by atoms with van der Waals surface area (Å²) in [7, 11) is 0. The fourth-order valence-corrected chi connectivity index (χ4v) is 2.82. The molecule has 11 heteroatoms. The summed E-state index contributed by atoms with van der Waals surface area (Å²) in [6, 6.07) is 9.08. The van der Waals surface area contributed by atoms with E-state index in [1.807, 2.05) is 0 Å². The second-order valence-electron chi connectivity index (χ2n) is 6.35. The lowest BCUT2D eigenvalue weighted by Gasteiger charge is -2.32. The van der Waals surface area contributed by atoms with Gasteiger partial charge in [-0.1, -0.05) is 24.3 Å². The third kappa shape index (κ3) is 3.94. The number of hydrogen-bond donors (Lipinski definition) is 1. The van der Waals surface area contributed by atoms with E-state index >= 15 is 0 Å². The number of rotatable bonds is 4. The summed E-state index contributed by atoms with van der Waals surface area (Å²) in [6.07, 6.45) is -6.80. The maximum Gasteiger partial charge on any atom is 0.438 e. The van der Waals surface area contributed by atoms with Crippen molar-refractivity contribution in [2.45, 2.75) is 24.7 Å². The van der Waals surface area contributed by atoms with E-state index in [9.17, 15) is 37.6 Å². The monoisotopic (exact) mass is 411 g/mol. The van der Waals surface area contributed by atoms with Gasteiger partial charge in [-0.25, -0.2) is 4.39 Å². The van der Waals surface area contributed by atoms with Crippen LogP contribution >= 0.6 is 0 Å². The Morgan fingerprint density at radius 1 is 1.17 bits per heavy atom. The number of carbonyl (C=O) groups is 1. The Morgan fingerprint density at radius 3 is 2.28 bits per heavy atom. The molecule has 0 spiro atoms. The van der Waals surface area contributed by atoms with Crippen LogP contribution in [0.2, 0.25) is 0 Å². The van der Waals surface area contributed by atoms with Crippen molar-refractivity contribution in [3.63, 3.8) is 0 Å². The Morgan fingerprint density at radius 2 is 1.76 bits per heavy atom. The van der Waals surface area contributed by atoms with E-state index in [4.69, 9.17) is 0 Å². The van der Waals surface area contributed by atoms with Crippen LogP contribution in [0.15, 0.2) is 53.6 Å². The molecule has 1 amide bonds. The van der Waals surface area contributed by atoms with Crippen molar-refractivity contribution >= 4 is 17.3 Å². The first-order chi connectivity index (χ1) is 13.5. The molecule has 1 heterocycles. The predicted octanol–water partition coefficient (Wildman–Crippen LogP) is 3.16. The number of nitrogens with zero attached hydrogens (tertiary/aromatic N) is 3. The summed E-state index contributed by atoms with van der Waals surface area (Å²) in [6.45, 7) is 0. The van der Waals surface area contributed by atoms with E-state index in [0.29, 0.717) is 0 Å². The zero-order valence-electron chi connectivity index (χ0n) is 14.6. The summed E-state index contributed by atoms with van der Waals surface area (Å²) in [4.78, 5) is 22.5. The largest absolute Gasteiger partial charge is 0.438 e. The SMILES string of the molecule is O=C(Cc1ccc([N+](=O)[O-])cc1)N1N=C(c2ccc(F)cc2)CC1(O)C(F)(F)F. The minimum atomic E-state index is -5.20. The van der Waals surface area contributed by atoms with E-state index in [-0.39, 0.29) is 27.5 Å². The second kappa shape index (κ2) is 7.24. The highest BCUT2D eigenvalue weighted by molar-refractivity contribution is 6.03. The van der Waals surface area contributed by atoms with Gasteiger partial charge in [0.2, 0.25) is 5.91 Å². The average Bonchev–Trinajstić information content (AvgIpc) is 3.02. The molecule has 0 bridgehead atoms. The van der Waals surface area contributed by atoms with Crippen LogP contribution in [-0.2, 0) is 11.2 Å². The van der Waals surface area contributed by atoms with Gasteiger partial charge in [0.05, 0.1) is 23.5 Å². The van der Waals surface area contributed by atoms with Crippen LogP contribution in [0.5, 0.6) is 0 Å². The lowest BCUT2D eigenvalue weighted by molar-refractivity contribution is -0.384. The molecule has 1 aliphatic heterocycles. The summed E-state index contributed by atoms with van der Waals surface area (Å²) in [5.41, 5.74) is -3.71. The number of non-ortho nitro benzene ring substituents is 1. The Bertz CT molecular complexity index is 974. The fourth-order valence-electron chi connectivity index (χ4n) is 2.82. The standard InChI is InChI=1S/C18H13F4N3O4/c19-13-5-3-12(4-6-13)15-10-17(27,18(20,21)22)24(23-15)16(26)9-11-1-7-14(8-2-11)25(28)29/h1-8,27H,9-10H2. The molecule has 2 aromatic rings. The van der Waals surface area contributed by atoms with E-state index < -0.39 is 41.4 Å². The van der Waals surface area contributed by atoms with Crippen molar-refractivity contribution in [1.29, 1.82) is 0 Å². The molecule has 0 aromatic heterocycles. The van der Waals surface area contributed by atoms with Gasteiger partial charge in [0.1, 0.15) is 5.82 Å². The summed E-state index contributed by atoms with van der Waals surface area (Å²) < 4.78 is 53.7. The summed E-state index contributed by atoms with van der Waals surface area (Å²) in [5.74, 6) is -1.76. The molecule has 3 rings (SSSR count). The first-order valence-corrected chi connectivity index (χ1v) is 8.20. The first-order valence-electron chi connectivity index (χ1n) is 8.20. The number of aliphatic hydroxyl groups is 1. The van der Waals surface area contributed by atoms with Gasteiger partial charge in [0, 0.05) is 12.1 Å². The van der Waals surface area contributed by atoms with Crippen molar-refractivity contribution in [2.75, 3.05) is 0 Å². The van der Waals surface area contributed by atoms with Gasteiger partial charge in [-0.15, -0.1) is 0 Å². The molecular weight excluding hydrogens is 398 g/mol. The molecule has 1 unspecified atom stereocenters. The van der Waals surface area contributed by atoms with Crippen LogP contribution in [-0.4, -0.2) is 38.6 Å². The molecule has 0 saturated carbocycles. The quantitative estimate of drug-likeness (QED) is 0.475. The number of hydrazone groups is 1.